The van der Waals surface area contributed by atoms with Crippen molar-refractivity contribution in [2.45, 2.75) is 12.8 Å². The zero-order valence-electron chi connectivity index (χ0n) is 11.4. The second-order valence-corrected chi connectivity index (χ2v) is 5.65. The third-order valence-electron chi connectivity index (χ3n) is 3.76. The van der Waals surface area contributed by atoms with Gasteiger partial charge in [-0.1, -0.05) is 11.6 Å². The number of rotatable bonds is 2. The Hall–Kier alpha value is -2.07. The smallest absolute Gasteiger partial charge is 0.249 e. The Morgan fingerprint density at radius 1 is 0.952 bits per heavy atom. The summed E-state index contributed by atoms with van der Waals surface area (Å²) in [5, 5.41) is 0.698. The van der Waals surface area contributed by atoms with Crippen molar-refractivity contribution in [3.63, 3.8) is 0 Å². The van der Waals surface area contributed by atoms with Crippen molar-refractivity contribution in [3.05, 3.63) is 41.4 Å². The Balaban J connectivity index is 1.73. The molecule has 0 amide bonds. The highest BCUT2D eigenvalue weighted by molar-refractivity contribution is 6.30. The molecule has 0 aliphatic carbocycles. The molecule has 1 fully saturated rings. The molecular weight excluding hydrogens is 286 g/mol. The van der Waals surface area contributed by atoms with E-state index in [1.807, 2.05) is 36.4 Å². The van der Waals surface area contributed by atoms with E-state index in [1.54, 1.807) is 0 Å². The molecule has 1 aliphatic rings. The summed E-state index contributed by atoms with van der Waals surface area (Å²) in [6, 6.07) is 11.4. The quantitative estimate of drug-likeness (QED) is 0.713. The van der Waals surface area contributed by atoms with E-state index in [2.05, 4.69) is 14.9 Å². The molecule has 3 heterocycles. The van der Waals surface area contributed by atoms with E-state index in [9.17, 15) is 0 Å². The van der Waals surface area contributed by atoms with Crippen molar-refractivity contribution >= 4 is 28.6 Å². The summed E-state index contributed by atoms with van der Waals surface area (Å²) in [6.07, 6.45) is 2.46. The average molecular weight is 300 g/mol. The minimum absolute atomic E-state index is 0.577. The zero-order valence-corrected chi connectivity index (χ0v) is 12.2. The van der Waals surface area contributed by atoms with Crippen molar-refractivity contribution in [1.29, 1.82) is 0 Å². The van der Waals surface area contributed by atoms with Gasteiger partial charge in [0.1, 0.15) is 11.3 Å². The number of halogens is 1. The zero-order chi connectivity index (χ0) is 14.2. The highest BCUT2D eigenvalue weighted by atomic mass is 35.5. The molecule has 0 radical (unpaired) electrons. The minimum atomic E-state index is 0.577. The number of aromatic nitrogens is 2. The molecule has 1 aliphatic heterocycles. The van der Waals surface area contributed by atoms with Crippen LogP contribution in [0.5, 0.6) is 0 Å². The lowest BCUT2D eigenvalue weighted by Gasteiger charge is -2.15. The lowest BCUT2D eigenvalue weighted by atomic mass is 10.2. The van der Waals surface area contributed by atoms with Crippen molar-refractivity contribution in [2.24, 2.45) is 0 Å². The molecule has 1 saturated heterocycles. The van der Waals surface area contributed by atoms with Crippen molar-refractivity contribution in [3.8, 4) is 11.5 Å². The first-order valence-corrected chi connectivity index (χ1v) is 7.46. The van der Waals surface area contributed by atoms with Crippen LogP contribution in [0.25, 0.3) is 22.7 Å². The number of fused-ring (bicyclic) bond motifs is 1. The van der Waals surface area contributed by atoms with Gasteiger partial charge < -0.3 is 9.32 Å². The molecular formula is C16H14ClN3O. The number of pyridine rings is 1. The third kappa shape index (κ3) is 2.36. The van der Waals surface area contributed by atoms with Crippen molar-refractivity contribution in [1.82, 2.24) is 9.97 Å². The van der Waals surface area contributed by atoms with E-state index in [1.165, 1.54) is 12.8 Å². The van der Waals surface area contributed by atoms with E-state index in [-0.39, 0.29) is 0 Å². The molecule has 5 heteroatoms. The van der Waals surface area contributed by atoms with Crippen LogP contribution in [0, 0.1) is 0 Å². The fourth-order valence-corrected chi connectivity index (χ4v) is 2.77. The van der Waals surface area contributed by atoms with Crippen molar-refractivity contribution < 1.29 is 4.42 Å². The normalized spacial score (nSPS) is 15.0. The second-order valence-electron chi connectivity index (χ2n) is 5.21. The van der Waals surface area contributed by atoms with Crippen LogP contribution in [0.15, 0.2) is 40.8 Å². The standard InChI is InChI=1S/C16H14ClN3O/c17-12-5-3-11(4-6-12)15-18-13-7-8-14(19-16(13)21-15)20-9-1-2-10-20/h3-8H,1-2,9-10H2. The molecule has 0 N–H and O–H groups in total. The molecule has 4 rings (SSSR count). The van der Waals surface area contributed by atoms with Gasteiger partial charge in [0, 0.05) is 23.7 Å². The molecule has 0 saturated carbocycles. The van der Waals surface area contributed by atoms with Crippen LogP contribution in [-0.4, -0.2) is 23.1 Å². The summed E-state index contributed by atoms with van der Waals surface area (Å²) in [5.41, 5.74) is 2.27. The lowest BCUT2D eigenvalue weighted by molar-refractivity contribution is 0.607. The van der Waals surface area contributed by atoms with Gasteiger partial charge in [-0.25, -0.2) is 4.98 Å². The van der Waals surface area contributed by atoms with Crippen LogP contribution >= 0.6 is 11.6 Å². The van der Waals surface area contributed by atoms with E-state index in [0.29, 0.717) is 16.6 Å². The number of hydrogen-bond donors (Lipinski definition) is 0. The Bertz CT molecular complexity index is 776. The lowest BCUT2D eigenvalue weighted by Crippen LogP contribution is -2.18. The molecule has 0 atom stereocenters. The van der Waals surface area contributed by atoms with E-state index in [4.69, 9.17) is 16.0 Å². The largest absolute Gasteiger partial charge is 0.418 e. The Morgan fingerprint density at radius 2 is 1.71 bits per heavy atom. The monoisotopic (exact) mass is 299 g/mol. The highest BCUT2D eigenvalue weighted by Gasteiger charge is 2.16. The fraction of sp³-hybridized carbons (Fsp3) is 0.250. The predicted molar refractivity (Wildman–Crippen MR) is 83.7 cm³/mol. The van der Waals surface area contributed by atoms with Gasteiger partial charge in [0.05, 0.1) is 0 Å². The number of oxazole rings is 1. The van der Waals surface area contributed by atoms with E-state index in [0.717, 1.165) is 30.0 Å². The fourth-order valence-electron chi connectivity index (χ4n) is 2.65. The summed E-state index contributed by atoms with van der Waals surface area (Å²) in [4.78, 5) is 11.4. The SMILES string of the molecule is Clc1ccc(-c2nc3ccc(N4CCCC4)nc3o2)cc1. The van der Waals surface area contributed by atoms with Crippen LogP contribution in [0.2, 0.25) is 5.02 Å². The van der Waals surface area contributed by atoms with E-state index < -0.39 is 0 Å². The van der Waals surface area contributed by atoms with Crippen LogP contribution < -0.4 is 4.90 Å². The summed E-state index contributed by atoms with van der Waals surface area (Å²) in [7, 11) is 0. The van der Waals surface area contributed by atoms with Crippen molar-refractivity contribution in [2.75, 3.05) is 18.0 Å². The molecule has 0 spiro atoms. The van der Waals surface area contributed by atoms with Crippen LogP contribution in [0.3, 0.4) is 0 Å². The molecule has 0 unspecified atom stereocenters. The average Bonchev–Trinajstić information content (AvgIpc) is 3.16. The van der Waals surface area contributed by atoms with Crippen LogP contribution in [0.1, 0.15) is 12.8 Å². The number of benzene rings is 1. The van der Waals surface area contributed by atoms with Gasteiger partial charge in [0.15, 0.2) is 0 Å². The summed E-state index contributed by atoms with van der Waals surface area (Å²) < 4.78 is 5.80. The third-order valence-corrected chi connectivity index (χ3v) is 4.01. The van der Waals surface area contributed by atoms with Gasteiger partial charge in [-0.15, -0.1) is 0 Å². The van der Waals surface area contributed by atoms with Gasteiger partial charge in [0.2, 0.25) is 11.6 Å². The van der Waals surface area contributed by atoms with Gasteiger partial charge >= 0.3 is 0 Å². The Morgan fingerprint density at radius 3 is 2.48 bits per heavy atom. The van der Waals surface area contributed by atoms with E-state index >= 15 is 0 Å². The van der Waals surface area contributed by atoms with Crippen LogP contribution in [-0.2, 0) is 0 Å². The molecule has 0 bridgehead atoms. The molecule has 2 aromatic heterocycles. The number of nitrogens with zero attached hydrogens (tertiary/aromatic N) is 3. The summed E-state index contributed by atoms with van der Waals surface area (Å²) in [5.74, 6) is 1.55. The first-order chi connectivity index (χ1) is 10.3. The number of hydrogen-bond acceptors (Lipinski definition) is 4. The van der Waals surface area contributed by atoms with Gasteiger partial charge in [-0.05, 0) is 49.2 Å². The van der Waals surface area contributed by atoms with Gasteiger partial charge in [-0.3, -0.25) is 0 Å². The maximum Gasteiger partial charge on any atom is 0.249 e. The van der Waals surface area contributed by atoms with Crippen LogP contribution in [0.4, 0.5) is 5.82 Å². The molecule has 21 heavy (non-hydrogen) atoms. The maximum atomic E-state index is 5.90. The topological polar surface area (TPSA) is 42.2 Å². The molecule has 4 nitrogen and oxygen atoms in total. The summed E-state index contributed by atoms with van der Waals surface area (Å²) >= 11 is 5.90. The molecule has 106 valence electrons. The summed E-state index contributed by atoms with van der Waals surface area (Å²) in [6.45, 7) is 2.13. The predicted octanol–water partition coefficient (Wildman–Crippen LogP) is 4.14. The highest BCUT2D eigenvalue weighted by Crippen LogP contribution is 2.27. The van der Waals surface area contributed by atoms with Gasteiger partial charge in [0.25, 0.3) is 0 Å². The van der Waals surface area contributed by atoms with Gasteiger partial charge in [-0.2, -0.15) is 4.98 Å². The molecule has 3 aromatic rings. The molecule has 1 aromatic carbocycles. The second kappa shape index (κ2) is 5.04. The Kier molecular flexibility index (Phi) is 3.04. The number of anilines is 1. The maximum absolute atomic E-state index is 5.90. The first kappa shape index (κ1) is 12.7. The Labute approximate surface area is 127 Å². The first-order valence-electron chi connectivity index (χ1n) is 7.08. The minimum Gasteiger partial charge on any atom is -0.418 e.